The third-order valence-electron chi connectivity index (χ3n) is 2.19. The highest BCUT2D eigenvalue weighted by Gasteiger charge is 2.04. The van der Waals surface area contributed by atoms with Gasteiger partial charge in [0.05, 0.1) is 25.0 Å². The Labute approximate surface area is 111 Å². The van der Waals surface area contributed by atoms with Crippen LogP contribution in [-0.4, -0.2) is 56.2 Å². The summed E-state index contributed by atoms with van der Waals surface area (Å²) in [5, 5.41) is 3.75. The van der Waals surface area contributed by atoms with Crippen LogP contribution in [0.15, 0.2) is 10.1 Å². The Morgan fingerprint density at radius 1 is 1.33 bits per heavy atom. The van der Waals surface area contributed by atoms with Crippen LogP contribution in [0.3, 0.4) is 0 Å². The maximum Gasteiger partial charge on any atom is 0.0918 e. The predicted molar refractivity (Wildman–Crippen MR) is 78.4 cm³/mol. The van der Waals surface area contributed by atoms with Crippen molar-refractivity contribution in [3.63, 3.8) is 0 Å². The minimum Gasteiger partial charge on any atom is -0.377 e. The predicted octanol–water partition coefficient (Wildman–Crippen LogP) is 1.38. The first-order valence-electron chi connectivity index (χ1n) is 6.52. The van der Waals surface area contributed by atoms with E-state index in [1.54, 1.807) is 6.21 Å². The van der Waals surface area contributed by atoms with Crippen molar-refractivity contribution in [2.75, 3.05) is 33.3 Å². The van der Waals surface area contributed by atoms with Gasteiger partial charge in [0, 0.05) is 19.3 Å². The topological polar surface area (TPSA) is 63.2 Å². The normalized spacial score (nSPS) is 13.4. The third kappa shape index (κ3) is 10.2. The molecule has 0 unspecified atom stereocenters. The molecule has 106 valence electrons. The number of nitrogens with zero attached hydrogens (tertiary/aromatic N) is 3. The molecule has 0 heterocycles. The van der Waals surface area contributed by atoms with E-state index in [0.29, 0.717) is 19.1 Å². The molecule has 0 saturated heterocycles. The Morgan fingerprint density at radius 2 is 2.00 bits per heavy atom. The Balaban J connectivity index is 3.93. The molecule has 18 heavy (non-hydrogen) atoms. The van der Waals surface area contributed by atoms with E-state index in [2.05, 4.69) is 35.9 Å². The van der Waals surface area contributed by atoms with Crippen LogP contribution in [0.1, 0.15) is 27.7 Å². The van der Waals surface area contributed by atoms with Gasteiger partial charge in [0.25, 0.3) is 0 Å². The van der Waals surface area contributed by atoms with Crippen LogP contribution in [0.2, 0.25) is 0 Å². The van der Waals surface area contributed by atoms with Crippen LogP contribution in [0.5, 0.6) is 0 Å². The summed E-state index contributed by atoms with van der Waals surface area (Å²) in [6.07, 6.45) is 1.99. The molecule has 0 bridgehead atoms. The molecule has 0 aromatic carbocycles. The fourth-order valence-electron chi connectivity index (χ4n) is 1.59. The smallest absolute Gasteiger partial charge is 0.0918 e. The maximum absolute atomic E-state index is 5.40. The molecular weight excluding hydrogens is 228 g/mol. The molecule has 5 heteroatoms. The summed E-state index contributed by atoms with van der Waals surface area (Å²) in [7, 11) is 2.06. The van der Waals surface area contributed by atoms with Gasteiger partial charge in [0.1, 0.15) is 0 Å². The molecule has 0 radical (unpaired) electrons. The molecule has 0 rings (SSSR count). The van der Waals surface area contributed by atoms with Gasteiger partial charge < -0.3 is 15.5 Å². The monoisotopic (exact) mass is 256 g/mol. The first kappa shape index (κ1) is 17.1. The highest BCUT2D eigenvalue weighted by Crippen LogP contribution is 1.95. The van der Waals surface area contributed by atoms with Gasteiger partial charge in [-0.15, -0.1) is 0 Å². The molecular formula is C13H28N4O. The molecule has 2 N–H and O–H groups in total. The van der Waals surface area contributed by atoms with E-state index in [-0.39, 0.29) is 6.10 Å². The van der Waals surface area contributed by atoms with E-state index >= 15 is 0 Å². The molecule has 0 aliphatic rings. The van der Waals surface area contributed by atoms with E-state index < -0.39 is 0 Å². The Morgan fingerprint density at radius 3 is 2.50 bits per heavy atom. The van der Waals surface area contributed by atoms with Gasteiger partial charge in [-0.2, -0.15) is 5.10 Å². The van der Waals surface area contributed by atoms with Crippen LogP contribution >= 0.6 is 0 Å². The largest absolute Gasteiger partial charge is 0.377 e. The highest BCUT2D eigenvalue weighted by atomic mass is 16.5. The minimum atomic E-state index is 0.250. The second-order valence-corrected chi connectivity index (χ2v) is 5.17. The molecule has 0 aliphatic heterocycles. The fraction of sp³-hybridized carbons (Fsp3) is 0.846. The van der Waals surface area contributed by atoms with Crippen LogP contribution in [0.25, 0.3) is 0 Å². The minimum absolute atomic E-state index is 0.250. The average Bonchev–Trinajstić information content (AvgIpc) is 2.25. The van der Waals surface area contributed by atoms with Gasteiger partial charge >= 0.3 is 0 Å². The van der Waals surface area contributed by atoms with Gasteiger partial charge in [-0.1, -0.05) is 13.8 Å². The summed E-state index contributed by atoms with van der Waals surface area (Å²) >= 11 is 0. The van der Waals surface area contributed by atoms with E-state index in [0.717, 1.165) is 18.8 Å². The zero-order chi connectivity index (χ0) is 14.0. The summed E-state index contributed by atoms with van der Waals surface area (Å²) < 4.78 is 5.40. The van der Waals surface area contributed by atoms with E-state index in [1.807, 2.05) is 13.8 Å². The lowest BCUT2D eigenvalue weighted by molar-refractivity contribution is 0.0854. The summed E-state index contributed by atoms with van der Waals surface area (Å²) in [6.45, 7) is 11.4. The van der Waals surface area contributed by atoms with Gasteiger partial charge in [-0.3, -0.25) is 4.99 Å². The van der Waals surface area contributed by atoms with Crippen molar-refractivity contribution in [2.24, 2.45) is 21.9 Å². The Kier molecular flexibility index (Phi) is 9.50. The molecule has 0 fully saturated rings. The molecule has 0 aromatic heterocycles. The molecule has 0 spiro atoms. The van der Waals surface area contributed by atoms with E-state index in [9.17, 15) is 0 Å². The number of hydrazone groups is 1. The number of hydrogen-bond acceptors (Lipinski definition) is 5. The summed E-state index contributed by atoms with van der Waals surface area (Å²) in [6, 6.07) is 0. The molecule has 0 saturated carbocycles. The second kappa shape index (κ2) is 10.0. The van der Waals surface area contributed by atoms with Crippen molar-refractivity contribution in [3.8, 4) is 0 Å². The van der Waals surface area contributed by atoms with Gasteiger partial charge in [0.15, 0.2) is 0 Å². The molecule has 0 amide bonds. The zero-order valence-corrected chi connectivity index (χ0v) is 12.4. The Bertz CT molecular complexity index is 262. The fourth-order valence-corrected chi connectivity index (χ4v) is 1.59. The summed E-state index contributed by atoms with van der Waals surface area (Å²) in [4.78, 5) is 6.45. The molecule has 0 aromatic rings. The molecule has 0 aliphatic carbocycles. The van der Waals surface area contributed by atoms with Gasteiger partial charge in [0.2, 0.25) is 0 Å². The highest BCUT2D eigenvalue weighted by molar-refractivity contribution is 6.31. The lowest BCUT2D eigenvalue weighted by Gasteiger charge is -2.18. The van der Waals surface area contributed by atoms with Crippen LogP contribution in [0, 0.1) is 5.92 Å². The summed E-state index contributed by atoms with van der Waals surface area (Å²) in [5.74, 6) is 5.98. The number of rotatable bonds is 9. The number of ether oxygens (including phenoxy) is 1. The average molecular weight is 256 g/mol. The first-order chi connectivity index (χ1) is 8.45. The number of hydrogen-bond donors (Lipinski definition) is 1. The zero-order valence-electron chi connectivity index (χ0n) is 12.4. The van der Waals surface area contributed by atoms with Crippen molar-refractivity contribution < 1.29 is 4.74 Å². The Hall–Kier alpha value is -0.940. The SMILES string of the molecule is CC(C)CN(C)CC(C=NCCOC(C)C)=NN. The number of aliphatic imine (C=N–C) groups is 1. The van der Waals surface area contributed by atoms with Gasteiger partial charge in [-0.25, -0.2) is 0 Å². The first-order valence-corrected chi connectivity index (χ1v) is 6.52. The molecule has 0 atom stereocenters. The van der Waals surface area contributed by atoms with E-state index in [1.165, 1.54) is 0 Å². The van der Waals surface area contributed by atoms with Crippen molar-refractivity contribution in [2.45, 2.75) is 33.8 Å². The number of nitrogens with two attached hydrogens (primary N) is 1. The van der Waals surface area contributed by atoms with Gasteiger partial charge in [-0.05, 0) is 26.8 Å². The van der Waals surface area contributed by atoms with Crippen LogP contribution in [-0.2, 0) is 4.74 Å². The van der Waals surface area contributed by atoms with E-state index in [4.69, 9.17) is 10.6 Å². The van der Waals surface area contributed by atoms with Crippen molar-refractivity contribution >= 4 is 11.9 Å². The third-order valence-corrected chi connectivity index (χ3v) is 2.19. The maximum atomic E-state index is 5.40. The lowest BCUT2D eigenvalue weighted by atomic mass is 10.2. The molecule has 5 nitrogen and oxygen atoms in total. The van der Waals surface area contributed by atoms with Crippen molar-refractivity contribution in [1.29, 1.82) is 0 Å². The van der Waals surface area contributed by atoms with Crippen molar-refractivity contribution in [3.05, 3.63) is 0 Å². The lowest BCUT2D eigenvalue weighted by Crippen LogP contribution is -2.30. The quantitative estimate of drug-likeness (QED) is 0.293. The van der Waals surface area contributed by atoms with Crippen LogP contribution in [0.4, 0.5) is 0 Å². The summed E-state index contributed by atoms with van der Waals surface area (Å²) in [5.41, 5.74) is 0.794. The second-order valence-electron chi connectivity index (χ2n) is 5.17. The van der Waals surface area contributed by atoms with Crippen LogP contribution < -0.4 is 5.84 Å². The standard InChI is InChI=1S/C13H28N4O/c1-11(2)9-17(5)10-13(16-14)8-15-6-7-18-12(3)4/h8,11-12H,6-7,9-10,14H2,1-5H3. The van der Waals surface area contributed by atoms with Crippen molar-refractivity contribution in [1.82, 2.24) is 4.90 Å².